The Balaban J connectivity index is 1.65. The van der Waals surface area contributed by atoms with Crippen LogP contribution in [0.3, 0.4) is 0 Å². The zero-order valence-corrected chi connectivity index (χ0v) is 21.6. The summed E-state index contributed by atoms with van der Waals surface area (Å²) < 4.78 is 39.1. The Bertz CT molecular complexity index is 1070. The summed E-state index contributed by atoms with van der Waals surface area (Å²) in [5.41, 5.74) is 2.13. The molecule has 0 bridgehead atoms. The summed E-state index contributed by atoms with van der Waals surface area (Å²) in [4.78, 5) is 2.43. The molecule has 1 aliphatic heterocycles. The molecule has 2 aliphatic rings. The van der Waals surface area contributed by atoms with E-state index in [1.165, 1.54) is 24.7 Å². The molecule has 2 aromatic carbocycles. The van der Waals surface area contributed by atoms with Gasteiger partial charge in [0.25, 0.3) is 0 Å². The molecule has 0 amide bonds. The summed E-state index contributed by atoms with van der Waals surface area (Å²) in [6.07, 6.45) is 6.04. The number of sulfonamides is 1. The monoisotopic (exact) mass is 486 g/mol. The Labute approximate surface area is 204 Å². The van der Waals surface area contributed by atoms with Gasteiger partial charge in [0.05, 0.1) is 19.5 Å². The van der Waals surface area contributed by atoms with Gasteiger partial charge in [0.2, 0.25) is 10.0 Å². The number of hydrogen-bond acceptors (Lipinski definition) is 5. The molecule has 186 valence electrons. The molecule has 4 rings (SSSR count). The average molecular weight is 487 g/mol. The number of hydrogen-bond donors (Lipinski definition) is 1. The molecule has 0 radical (unpaired) electrons. The van der Waals surface area contributed by atoms with E-state index in [0.717, 1.165) is 49.5 Å². The van der Waals surface area contributed by atoms with Crippen LogP contribution in [-0.4, -0.2) is 51.9 Å². The number of benzene rings is 2. The van der Waals surface area contributed by atoms with E-state index in [4.69, 9.17) is 9.47 Å². The zero-order valence-electron chi connectivity index (χ0n) is 20.8. The molecule has 1 heterocycles. The topological polar surface area (TPSA) is 67.9 Å². The fraction of sp³-hybridized carbons (Fsp3) is 0.556. The molecule has 1 saturated carbocycles. The van der Waals surface area contributed by atoms with E-state index < -0.39 is 10.0 Å². The van der Waals surface area contributed by atoms with E-state index >= 15 is 0 Å². The van der Waals surface area contributed by atoms with Crippen LogP contribution in [-0.2, 0) is 16.6 Å². The van der Waals surface area contributed by atoms with Gasteiger partial charge in [0.15, 0.2) is 11.5 Å². The van der Waals surface area contributed by atoms with Gasteiger partial charge >= 0.3 is 0 Å². The average Bonchev–Trinajstić information content (AvgIpc) is 3.41. The molecule has 3 atom stereocenters. The normalized spacial score (nSPS) is 24.9. The molecular formula is C27H38N2O4S. The SMILES string of the molecule is COc1ccc(C2CN(Cc3ccccc3)C[C@@]2(C)C(C)NS(C)(=O)=O)cc1OC1CCCC1. The van der Waals surface area contributed by atoms with Crippen LogP contribution in [0, 0.1) is 5.41 Å². The predicted octanol–water partition coefficient (Wildman–Crippen LogP) is 4.56. The summed E-state index contributed by atoms with van der Waals surface area (Å²) in [6.45, 7) is 6.66. The van der Waals surface area contributed by atoms with Crippen LogP contribution in [0.5, 0.6) is 11.5 Å². The Morgan fingerprint density at radius 2 is 1.82 bits per heavy atom. The molecule has 6 nitrogen and oxygen atoms in total. The number of ether oxygens (including phenoxy) is 2. The summed E-state index contributed by atoms with van der Waals surface area (Å²) >= 11 is 0. The van der Waals surface area contributed by atoms with Crippen LogP contribution in [0.15, 0.2) is 48.5 Å². The van der Waals surface area contributed by atoms with Crippen molar-refractivity contribution in [3.8, 4) is 11.5 Å². The Morgan fingerprint density at radius 1 is 1.12 bits per heavy atom. The van der Waals surface area contributed by atoms with Crippen LogP contribution in [0.2, 0.25) is 0 Å². The Hall–Kier alpha value is -2.09. The molecule has 1 saturated heterocycles. The Kier molecular flexibility index (Phi) is 7.55. The third-order valence-corrected chi connectivity index (χ3v) is 8.40. The number of likely N-dealkylation sites (tertiary alicyclic amines) is 1. The van der Waals surface area contributed by atoms with Gasteiger partial charge < -0.3 is 9.47 Å². The summed E-state index contributed by atoms with van der Waals surface area (Å²) in [5.74, 6) is 1.68. The second-order valence-electron chi connectivity index (χ2n) is 10.3. The number of rotatable bonds is 9. The van der Waals surface area contributed by atoms with Gasteiger partial charge in [-0.15, -0.1) is 0 Å². The van der Waals surface area contributed by atoms with E-state index in [-0.39, 0.29) is 23.5 Å². The lowest BCUT2D eigenvalue weighted by atomic mass is 9.71. The molecule has 7 heteroatoms. The third-order valence-electron chi connectivity index (χ3n) is 7.62. The number of methoxy groups -OCH3 is 1. The maximum atomic E-state index is 12.1. The fourth-order valence-corrected chi connectivity index (χ4v) is 6.57. The molecule has 0 aromatic heterocycles. The minimum absolute atomic E-state index is 0.136. The first-order valence-electron chi connectivity index (χ1n) is 12.3. The molecular weight excluding hydrogens is 448 g/mol. The smallest absolute Gasteiger partial charge is 0.208 e. The highest BCUT2D eigenvalue weighted by atomic mass is 32.2. The fourth-order valence-electron chi connectivity index (χ4n) is 5.65. The lowest BCUT2D eigenvalue weighted by molar-refractivity contribution is 0.199. The van der Waals surface area contributed by atoms with Gasteiger partial charge in [0.1, 0.15) is 0 Å². The van der Waals surface area contributed by atoms with Crippen molar-refractivity contribution in [3.05, 3.63) is 59.7 Å². The molecule has 34 heavy (non-hydrogen) atoms. The van der Waals surface area contributed by atoms with Gasteiger partial charge in [-0.25, -0.2) is 13.1 Å². The van der Waals surface area contributed by atoms with Crippen LogP contribution < -0.4 is 14.2 Å². The Morgan fingerprint density at radius 3 is 2.47 bits per heavy atom. The molecule has 2 aromatic rings. The van der Waals surface area contributed by atoms with Gasteiger partial charge in [-0.2, -0.15) is 0 Å². The maximum absolute atomic E-state index is 12.1. The van der Waals surface area contributed by atoms with Crippen LogP contribution >= 0.6 is 0 Å². The second kappa shape index (κ2) is 10.3. The first-order valence-corrected chi connectivity index (χ1v) is 14.2. The highest BCUT2D eigenvalue weighted by molar-refractivity contribution is 7.88. The zero-order chi connectivity index (χ0) is 24.3. The van der Waals surface area contributed by atoms with Gasteiger partial charge in [-0.3, -0.25) is 4.90 Å². The largest absolute Gasteiger partial charge is 0.493 e. The summed E-state index contributed by atoms with van der Waals surface area (Å²) in [6, 6.07) is 16.4. The van der Waals surface area contributed by atoms with E-state index in [1.807, 2.05) is 19.1 Å². The summed E-state index contributed by atoms with van der Waals surface area (Å²) in [5, 5.41) is 0. The van der Waals surface area contributed by atoms with Crippen molar-refractivity contribution in [2.24, 2.45) is 5.41 Å². The third kappa shape index (κ3) is 5.75. The first kappa shape index (κ1) is 25.0. The van der Waals surface area contributed by atoms with Crippen molar-refractivity contribution in [1.29, 1.82) is 0 Å². The quantitative estimate of drug-likeness (QED) is 0.563. The van der Waals surface area contributed by atoms with Crippen molar-refractivity contribution in [2.45, 2.75) is 64.1 Å². The van der Waals surface area contributed by atoms with E-state index in [1.54, 1.807) is 7.11 Å². The first-order chi connectivity index (χ1) is 16.2. The van der Waals surface area contributed by atoms with Crippen LogP contribution in [0.1, 0.15) is 56.6 Å². The molecule has 1 aliphatic carbocycles. The number of nitrogens with one attached hydrogen (secondary N) is 1. The van der Waals surface area contributed by atoms with Gasteiger partial charge in [-0.05, 0) is 55.9 Å². The number of nitrogens with zero attached hydrogens (tertiary/aromatic N) is 1. The highest BCUT2D eigenvalue weighted by Crippen LogP contribution is 2.47. The van der Waals surface area contributed by atoms with E-state index in [9.17, 15) is 8.42 Å². The standard InChI is InChI=1S/C27H38N2O4S/c1-20(28-34(4,30)31)27(2)19-29(17-21-10-6-5-7-11-21)18-24(27)22-14-15-25(32-3)26(16-22)33-23-12-8-9-13-23/h5-7,10-11,14-16,20,23-24,28H,8-9,12-13,17-19H2,1-4H3/t20?,24?,27-/m0/s1. The van der Waals surface area contributed by atoms with Crippen molar-refractivity contribution >= 4 is 10.0 Å². The van der Waals surface area contributed by atoms with Crippen LogP contribution in [0.25, 0.3) is 0 Å². The molecule has 2 fully saturated rings. The van der Waals surface area contributed by atoms with Crippen molar-refractivity contribution in [3.63, 3.8) is 0 Å². The second-order valence-corrected chi connectivity index (χ2v) is 12.0. The molecule has 1 N–H and O–H groups in total. The lowest BCUT2D eigenvalue weighted by Gasteiger charge is -2.37. The maximum Gasteiger partial charge on any atom is 0.208 e. The molecule has 0 spiro atoms. The van der Waals surface area contributed by atoms with Gasteiger partial charge in [-0.1, -0.05) is 43.3 Å². The summed E-state index contributed by atoms with van der Waals surface area (Å²) in [7, 11) is -1.65. The minimum Gasteiger partial charge on any atom is -0.493 e. The van der Waals surface area contributed by atoms with Crippen molar-refractivity contribution < 1.29 is 17.9 Å². The molecule has 2 unspecified atom stereocenters. The van der Waals surface area contributed by atoms with Crippen LogP contribution in [0.4, 0.5) is 0 Å². The lowest BCUT2D eigenvalue weighted by Crippen LogP contribution is -2.47. The highest BCUT2D eigenvalue weighted by Gasteiger charge is 2.48. The van der Waals surface area contributed by atoms with Crippen molar-refractivity contribution in [1.82, 2.24) is 9.62 Å². The van der Waals surface area contributed by atoms with Crippen molar-refractivity contribution in [2.75, 3.05) is 26.5 Å². The minimum atomic E-state index is -3.33. The van der Waals surface area contributed by atoms with E-state index in [2.05, 4.69) is 52.9 Å². The predicted molar refractivity (Wildman–Crippen MR) is 136 cm³/mol. The van der Waals surface area contributed by atoms with Gasteiger partial charge in [0, 0.05) is 37.0 Å². The van der Waals surface area contributed by atoms with E-state index in [0.29, 0.717) is 0 Å².